The molecule has 0 radical (unpaired) electrons. The van der Waals surface area contributed by atoms with E-state index in [1.807, 2.05) is 11.6 Å². The van der Waals surface area contributed by atoms with E-state index in [-0.39, 0.29) is 11.6 Å². The van der Waals surface area contributed by atoms with E-state index in [1.165, 1.54) is 0 Å². The number of ether oxygens (including phenoxy) is 1. The highest BCUT2D eigenvalue weighted by atomic mass is 32.1. The van der Waals surface area contributed by atoms with Crippen LogP contribution in [0.2, 0.25) is 0 Å². The molecule has 0 amide bonds. The number of methoxy groups -OCH3 is 1. The second-order valence-electron chi connectivity index (χ2n) is 3.83. The Morgan fingerprint density at radius 1 is 1.56 bits per heavy atom. The SMILES string of the molecule is CCC(CC)(OC)C(Cc1nccs1)NN. The molecule has 5 heteroatoms. The average Bonchev–Trinajstić information content (AvgIpc) is 2.83. The molecule has 1 atom stereocenters. The zero-order valence-electron chi connectivity index (χ0n) is 10.2. The second-order valence-corrected chi connectivity index (χ2v) is 4.80. The molecule has 0 fully saturated rings. The molecule has 0 aliphatic heterocycles. The molecule has 0 saturated carbocycles. The Morgan fingerprint density at radius 3 is 2.62 bits per heavy atom. The van der Waals surface area contributed by atoms with Crippen LogP contribution in [-0.2, 0) is 11.2 Å². The van der Waals surface area contributed by atoms with Crippen LogP contribution in [-0.4, -0.2) is 23.7 Å². The van der Waals surface area contributed by atoms with Crippen LogP contribution in [0, 0.1) is 0 Å². The van der Waals surface area contributed by atoms with E-state index in [1.54, 1.807) is 18.4 Å². The molecule has 0 aliphatic carbocycles. The predicted octanol–water partition coefficient (Wildman–Crippen LogP) is 1.72. The molecule has 0 saturated heterocycles. The Kier molecular flexibility index (Phi) is 5.34. The van der Waals surface area contributed by atoms with Crippen molar-refractivity contribution in [3.63, 3.8) is 0 Å². The van der Waals surface area contributed by atoms with Crippen molar-refractivity contribution in [3.8, 4) is 0 Å². The van der Waals surface area contributed by atoms with Crippen molar-refractivity contribution in [3.05, 3.63) is 16.6 Å². The fraction of sp³-hybridized carbons (Fsp3) is 0.727. The number of hydrogen-bond donors (Lipinski definition) is 2. The summed E-state index contributed by atoms with van der Waals surface area (Å²) >= 11 is 1.65. The van der Waals surface area contributed by atoms with Crippen LogP contribution < -0.4 is 11.3 Å². The minimum atomic E-state index is -0.208. The minimum Gasteiger partial charge on any atom is -0.377 e. The van der Waals surface area contributed by atoms with Gasteiger partial charge in [0.05, 0.1) is 16.7 Å². The van der Waals surface area contributed by atoms with Gasteiger partial charge < -0.3 is 4.74 Å². The molecule has 0 spiro atoms. The summed E-state index contributed by atoms with van der Waals surface area (Å²) in [5, 5.41) is 3.07. The maximum atomic E-state index is 5.67. The Balaban J connectivity index is 2.78. The summed E-state index contributed by atoms with van der Waals surface area (Å²) in [7, 11) is 1.75. The first-order valence-corrected chi connectivity index (χ1v) is 6.50. The van der Waals surface area contributed by atoms with Gasteiger partial charge >= 0.3 is 0 Å². The van der Waals surface area contributed by atoms with Crippen LogP contribution >= 0.6 is 11.3 Å². The van der Waals surface area contributed by atoms with Crippen LogP contribution in [0.25, 0.3) is 0 Å². The Hall–Kier alpha value is -0.490. The third-order valence-electron chi connectivity index (χ3n) is 3.30. The average molecular weight is 243 g/mol. The van der Waals surface area contributed by atoms with E-state index in [0.29, 0.717) is 0 Å². The summed E-state index contributed by atoms with van der Waals surface area (Å²) in [4.78, 5) is 4.29. The number of nitrogens with two attached hydrogens (primary N) is 1. The molecule has 92 valence electrons. The van der Waals surface area contributed by atoms with Gasteiger partial charge in [-0.1, -0.05) is 13.8 Å². The van der Waals surface area contributed by atoms with Crippen LogP contribution in [0.4, 0.5) is 0 Å². The molecule has 1 unspecified atom stereocenters. The quantitative estimate of drug-likeness (QED) is 0.565. The topological polar surface area (TPSA) is 60.2 Å². The van der Waals surface area contributed by atoms with Gasteiger partial charge in [-0.25, -0.2) is 4.98 Å². The molecule has 1 aromatic heterocycles. The largest absolute Gasteiger partial charge is 0.377 e. The van der Waals surface area contributed by atoms with Gasteiger partial charge in [0.1, 0.15) is 0 Å². The number of thiazole rings is 1. The number of aromatic nitrogens is 1. The Morgan fingerprint density at radius 2 is 2.25 bits per heavy atom. The van der Waals surface area contributed by atoms with Crippen molar-refractivity contribution in [1.29, 1.82) is 0 Å². The molecule has 0 bridgehead atoms. The van der Waals surface area contributed by atoms with Crippen LogP contribution in [0.1, 0.15) is 31.7 Å². The van der Waals surface area contributed by atoms with Gasteiger partial charge in [-0.3, -0.25) is 11.3 Å². The molecular formula is C11H21N3OS. The second kappa shape index (κ2) is 6.30. The van der Waals surface area contributed by atoms with Gasteiger partial charge in [0.2, 0.25) is 0 Å². The number of rotatable bonds is 7. The zero-order valence-corrected chi connectivity index (χ0v) is 11.0. The molecule has 1 heterocycles. The number of hydrazine groups is 1. The standard InChI is InChI=1S/C11H21N3OS/c1-4-11(5-2,15-3)9(14-12)8-10-13-6-7-16-10/h6-7,9,14H,4-5,8,12H2,1-3H3. The maximum absolute atomic E-state index is 5.67. The van der Waals surface area contributed by atoms with Crippen molar-refractivity contribution in [2.45, 2.75) is 44.8 Å². The van der Waals surface area contributed by atoms with Gasteiger partial charge in [-0.05, 0) is 12.8 Å². The smallest absolute Gasteiger partial charge is 0.0942 e. The Labute approximate surface area is 101 Å². The third-order valence-corrected chi connectivity index (χ3v) is 4.10. The molecule has 0 aromatic carbocycles. The van der Waals surface area contributed by atoms with E-state index in [9.17, 15) is 0 Å². The van der Waals surface area contributed by atoms with Crippen LogP contribution in [0.3, 0.4) is 0 Å². The first-order chi connectivity index (χ1) is 7.72. The van der Waals surface area contributed by atoms with Crippen LogP contribution in [0.15, 0.2) is 11.6 Å². The lowest BCUT2D eigenvalue weighted by Gasteiger charge is -2.37. The zero-order chi connectivity index (χ0) is 12.0. The summed E-state index contributed by atoms with van der Waals surface area (Å²) in [6.07, 6.45) is 4.49. The molecule has 4 nitrogen and oxygen atoms in total. The highest BCUT2D eigenvalue weighted by molar-refractivity contribution is 7.09. The Bertz CT molecular complexity index is 277. The van der Waals surface area contributed by atoms with Crippen molar-refractivity contribution >= 4 is 11.3 Å². The molecule has 16 heavy (non-hydrogen) atoms. The number of hydrogen-bond acceptors (Lipinski definition) is 5. The fourth-order valence-electron chi connectivity index (χ4n) is 2.10. The fourth-order valence-corrected chi connectivity index (χ4v) is 2.76. The summed E-state index contributed by atoms with van der Waals surface area (Å²) in [6.45, 7) is 4.25. The lowest BCUT2D eigenvalue weighted by molar-refractivity contribution is -0.0473. The summed E-state index contributed by atoms with van der Waals surface area (Å²) in [6, 6.07) is 0.0960. The predicted molar refractivity (Wildman–Crippen MR) is 67.3 cm³/mol. The van der Waals surface area contributed by atoms with Crippen molar-refractivity contribution in [2.75, 3.05) is 7.11 Å². The van der Waals surface area contributed by atoms with Crippen molar-refractivity contribution in [2.24, 2.45) is 5.84 Å². The summed E-state index contributed by atoms with van der Waals surface area (Å²) in [5.41, 5.74) is 2.67. The lowest BCUT2D eigenvalue weighted by atomic mass is 9.86. The highest BCUT2D eigenvalue weighted by Gasteiger charge is 2.35. The molecule has 0 aliphatic rings. The van der Waals surface area contributed by atoms with Gasteiger partial charge in [0.25, 0.3) is 0 Å². The van der Waals surface area contributed by atoms with Crippen molar-refractivity contribution in [1.82, 2.24) is 10.4 Å². The van der Waals surface area contributed by atoms with Crippen molar-refractivity contribution < 1.29 is 4.74 Å². The van der Waals surface area contributed by atoms with Gasteiger partial charge in [-0.15, -0.1) is 11.3 Å². The maximum Gasteiger partial charge on any atom is 0.0942 e. The normalized spacial score (nSPS) is 14.0. The molecule has 1 aromatic rings. The molecule has 1 rings (SSSR count). The monoisotopic (exact) mass is 243 g/mol. The highest BCUT2D eigenvalue weighted by Crippen LogP contribution is 2.26. The molecule has 3 N–H and O–H groups in total. The van der Waals surface area contributed by atoms with Crippen LogP contribution in [0.5, 0.6) is 0 Å². The van der Waals surface area contributed by atoms with E-state index < -0.39 is 0 Å². The minimum absolute atomic E-state index is 0.0960. The first kappa shape index (κ1) is 13.6. The summed E-state index contributed by atoms with van der Waals surface area (Å²) in [5.74, 6) is 5.65. The first-order valence-electron chi connectivity index (χ1n) is 5.62. The van der Waals surface area contributed by atoms with E-state index in [4.69, 9.17) is 10.6 Å². The van der Waals surface area contributed by atoms with Gasteiger partial charge in [-0.2, -0.15) is 0 Å². The number of nitrogens with zero attached hydrogens (tertiary/aromatic N) is 1. The number of nitrogens with one attached hydrogen (secondary N) is 1. The summed E-state index contributed by atoms with van der Waals surface area (Å²) < 4.78 is 5.67. The van der Waals surface area contributed by atoms with E-state index in [2.05, 4.69) is 24.3 Å². The van der Waals surface area contributed by atoms with Gasteiger partial charge in [0, 0.05) is 25.1 Å². The van der Waals surface area contributed by atoms with E-state index in [0.717, 1.165) is 24.3 Å². The lowest BCUT2D eigenvalue weighted by Crippen LogP contribution is -2.55. The van der Waals surface area contributed by atoms with Gasteiger partial charge in [0.15, 0.2) is 0 Å². The third kappa shape index (κ3) is 2.79. The molecular weight excluding hydrogens is 222 g/mol. The van der Waals surface area contributed by atoms with E-state index >= 15 is 0 Å².